The minimum atomic E-state index is -3.49. The molecule has 3 rings (SSSR count). The lowest BCUT2D eigenvalue weighted by molar-refractivity contribution is 0.0791. The van der Waals surface area contributed by atoms with Crippen molar-refractivity contribution in [3.05, 3.63) is 28.2 Å². The van der Waals surface area contributed by atoms with Crippen LogP contribution in [0.25, 0.3) is 0 Å². The Morgan fingerprint density at radius 2 is 1.59 bits per heavy atom. The van der Waals surface area contributed by atoms with Gasteiger partial charge in [-0.25, -0.2) is 8.42 Å². The molecule has 0 saturated carbocycles. The molecule has 2 aliphatic rings. The van der Waals surface area contributed by atoms with Crippen molar-refractivity contribution in [1.29, 1.82) is 0 Å². The lowest BCUT2D eigenvalue weighted by Crippen LogP contribution is -2.30. The van der Waals surface area contributed by atoms with Gasteiger partial charge >= 0.3 is 0 Å². The fourth-order valence-electron chi connectivity index (χ4n) is 3.00. The van der Waals surface area contributed by atoms with E-state index < -0.39 is 10.0 Å². The van der Waals surface area contributed by atoms with E-state index in [-0.39, 0.29) is 10.8 Å². The summed E-state index contributed by atoms with van der Waals surface area (Å²) < 4.78 is 27.4. The predicted octanol–water partition coefficient (Wildman–Crippen LogP) is 2.47. The lowest BCUT2D eigenvalue weighted by atomic mass is 10.2. The number of halogens is 1. The lowest BCUT2D eigenvalue weighted by Gasteiger charge is -2.19. The highest BCUT2D eigenvalue weighted by molar-refractivity contribution is 9.10. The summed E-state index contributed by atoms with van der Waals surface area (Å²) >= 11 is 3.37. The molecule has 2 aliphatic heterocycles. The highest BCUT2D eigenvalue weighted by Gasteiger charge is 2.29. The summed E-state index contributed by atoms with van der Waals surface area (Å²) in [5.74, 6) is -0.0946. The molecule has 0 aromatic heterocycles. The first kappa shape index (κ1) is 16.0. The fraction of sp³-hybridized carbons (Fsp3) is 0.533. The second-order valence-corrected chi connectivity index (χ2v) is 8.54. The molecular weight excluding hydrogens is 368 g/mol. The molecule has 0 atom stereocenters. The van der Waals surface area contributed by atoms with Gasteiger partial charge in [0.25, 0.3) is 5.91 Å². The van der Waals surface area contributed by atoms with Crippen LogP contribution < -0.4 is 0 Å². The van der Waals surface area contributed by atoms with Gasteiger partial charge in [0.15, 0.2) is 0 Å². The Labute approximate surface area is 139 Å². The van der Waals surface area contributed by atoms with Gasteiger partial charge in [-0.2, -0.15) is 4.31 Å². The first-order valence-electron chi connectivity index (χ1n) is 7.59. The van der Waals surface area contributed by atoms with Crippen LogP contribution in [-0.2, 0) is 10.0 Å². The van der Waals surface area contributed by atoms with Crippen molar-refractivity contribution in [2.24, 2.45) is 0 Å². The van der Waals surface area contributed by atoms with Crippen LogP contribution in [0.15, 0.2) is 27.6 Å². The molecule has 0 spiro atoms. The molecule has 120 valence electrons. The summed E-state index contributed by atoms with van der Waals surface area (Å²) in [7, 11) is -3.49. The maximum atomic E-state index is 12.6. The summed E-state index contributed by atoms with van der Waals surface area (Å²) in [5, 5.41) is 0. The van der Waals surface area contributed by atoms with Crippen molar-refractivity contribution < 1.29 is 13.2 Å². The van der Waals surface area contributed by atoms with Gasteiger partial charge in [0.05, 0.1) is 10.5 Å². The second-order valence-electron chi connectivity index (χ2n) is 5.75. The Balaban J connectivity index is 1.94. The third-order valence-corrected chi connectivity index (χ3v) is 6.85. The topological polar surface area (TPSA) is 57.7 Å². The molecular formula is C15H19BrN2O3S. The zero-order valence-electron chi connectivity index (χ0n) is 12.3. The first-order valence-corrected chi connectivity index (χ1v) is 9.82. The van der Waals surface area contributed by atoms with Crippen molar-refractivity contribution in [3.8, 4) is 0 Å². The van der Waals surface area contributed by atoms with Gasteiger partial charge in [-0.1, -0.05) is 0 Å². The molecule has 0 N–H and O–H groups in total. The highest BCUT2D eigenvalue weighted by atomic mass is 79.9. The van der Waals surface area contributed by atoms with Crippen molar-refractivity contribution in [2.45, 2.75) is 30.6 Å². The summed E-state index contributed by atoms with van der Waals surface area (Å²) in [6, 6.07) is 4.74. The van der Waals surface area contributed by atoms with Crippen LogP contribution in [-0.4, -0.2) is 49.7 Å². The van der Waals surface area contributed by atoms with Gasteiger partial charge in [-0.15, -0.1) is 0 Å². The number of amides is 1. The van der Waals surface area contributed by atoms with Gasteiger partial charge in [0.1, 0.15) is 0 Å². The van der Waals surface area contributed by atoms with Crippen molar-refractivity contribution >= 4 is 31.9 Å². The normalized spacial score (nSPS) is 19.8. The molecule has 22 heavy (non-hydrogen) atoms. The van der Waals surface area contributed by atoms with Crippen molar-refractivity contribution in [3.63, 3.8) is 0 Å². The smallest absolute Gasteiger partial charge is 0.255 e. The van der Waals surface area contributed by atoms with Gasteiger partial charge in [-0.3, -0.25) is 4.79 Å². The van der Waals surface area contributed by atoms with Gasteiger partial charge < -0.3 is 4.90 Å². The highest BCUT2D eigenvalue weighted by Crippen LogP contribution is 2.27. The predicted molar refractivity (Wildman–Crippen MR) is 87.3 cm³/mol. The maximum absolute atomic E-state index is 12.6. The van der Waals surface area contributed by atoms with Gasteiger partial charge in [0.2, 0.25) is 10.0 Å². The Bertz CT molecular complexity index is 678. The van der Waals surface area contributed by atoms with E-state index in [1.807, 2.05) is 0 Å². The van der Waals surface area contributed by atoms with E-state index in [1.165, 1.54) is 10.4 Å². The van der Waals surface area contributed by atoms with Crippen LogP contribution >= 0.6 is 15.9 Å². The van der Waals surface area contributed by atoms with E-state index in [0.29, 0.717) is 23.1 Å². The quantitative estimate of drug-likeness (QED) is 0.801. The average molecular weight is 387 g/mol. The van der Waals surface area contributed by atoms with E-state index in [4.69, 9.17) is 0 Å². The molecule has 1 amide bonds. The van der Waals surface area contributed by atoms with E-state index in [0.717, 1.165) is 38.8 Å². The van der Waals surface area contributed by atoms with Crippen LogP contribution in [0.2, 0.25) is 0 Å². The van der Waals surface area contributed by atoms with Gasteiger partial charge in [-0.05, 0) is 59.8 Å². The molecule has 1 aromatic carbocycles. The second kappa shape index (κ2) is 6.29. The Morgan fingerprint density at radius 1 is 1.00 bits per heavy atom. The number of carbonyl (C=O) groups is 1. The Kier molecular flexibility index (Phi) is 4.56. The number of hydrogen-bond acceptors (Lipinski definition) is 3. The fourth-order valence-corrected chi connectivity index (χ4v) is 4.96. The van der Waals surface area contributed by atoms with E-state index >= 15 is 0 Å². The third-order valence-electron chi connectivity index (χ3n) is 4.26. The van der Waals surface area contributed by atoms with E-state index in [9.17, 15) is 13.2 Å². The number of rotatable bonds is 3. The SMILES string of the molecule is O=C(c1cc(S(=O)(=O)N2CCCC2)ccc1Br)N1CCCC1. The number of nitrogens with zero attached hydrogens (tertiary/aromatic N) is 2. The van der Waals surface area contributed by atoms with Crippen LogP contribution in [0, 0.1) is 0 Å². The standard InChI is InChI=1S/C15H19BrN2O3S/c16-14-6-5-12(22(20,21)18-9-3-4-10-18)11-13(14)15(19)17-7-1-2-8-17/h5-6,11H,1-4,7-10H2. The average Bonchev–Trinajstić information content (AvgIpc) is 3.20. The number of likely N-dealkylation sites (tertiary alicyclic amines) is 1. The number of benzene rings is 1. The van der Waals surface area contributed by atoms with Crippen molar-refractivity contribution in [2.75, 3.05) is 26.2 Å². The molecule has 0 aliphatic carbocycles. The largest absolute Gasteiger partial charge is 0.339 e. The minimum absolute atomic E-state index is 0.0946. The van der Waals surface area contributed by atoms with Crippen LogP contribution in [0.3, 0.4) is 0 Å². The molecule has 7 heteroatoms. The molecule has 1 aromatic rings. The molecule has 2 fully saturated rings. The van der Waals surface area contributed by atoms with Crippen molar-refractivity contribution in [1.82, 2.24) is 9.21 Å². The van der Waals surface area contributed by atoms with E-state index in [2.05, 4.69) is 15.9 Å². The Hall–Kier alpha value is -0.920. The zero-order chi connectivity index (χ0) is 15.7. The zero-order valence-corrected chi connectivity index (χ0v) is 14.7. The molecule has 2 saturated heterocycles. The molecule has 0 radical (unpaired) electrons. The van der Waals surface area contributed by atoms with Gasteiger partial charge in [0, 0.05) is 30.7 Å². The molecule has 0 unspecified atom stereocenters. The summed E-state index contributed by atoms with van der Waals surface area (Å²) in [6.45, 7) is 2.62. The minimum Gasteiger partial charge on any atom is -0.339 e. The van der Waals surface area contributed by atoms with Crippen LogP contribution in [0.1, 0.15) is 36.0 Å². The maximum Gasteiger partial charge on any atom is 0.255 e. The Morgan fingerprint density at radius 3 is 2.23 bits per heavy atom. The number of carbonyl (C=O) groups excluding carboxylic acids is 1. The molecule has 0 bridgehead atoms. The monoisotopic (exact) mass is 386 g/mol. The van der Waals surface area contributed by atoms with E-state index in [1.54, 1.807) is 17.0 Å². The van der Waals surface area contributed by atoms with Crippen LogP contribution in [0.4, 0.5) is 0 Å². The van der Waals surface area contributed by atoms with Crippen LogP contribution in [0.5, 0.6) is 0 Å². The number of hydrogen-bond donors (Lipinski definition) is 0. The molecule has 5 nitrogen and oxygen atoms in total. The third kappa shape index (κ3) is 2.94. The summed E-state index contributed by atoms with van der Waals surface area (Å²) in [5.41, 5.74) is 0.433. The summed E-state index contributed by atoms with van der Waals surface area (Å²) in [4.78, 5) is 14.5. The summed E-state index contributed by atoms with van der Waals surface area (Å²) in [6.07, 6.45) is 3.81. The first-order chi connectivity index (χ1) is 10.5. The number of sulfonamides is 1. The molecule has 2 heterocycles.